The average Bonchev–Trinajstić information content (AvgIpc) is 3.17. The summed E-state index contributed by atoms with van der Waals surface area (Å²) in [5.74, 6) is 1.54. The molecule has 0 aliphatic heterocycles. The van der Waals surface area contributed by atoms with Gasteiger partial charge in [0.05, 0.1) is 5.75 Å². The molecule has 0 radical (unpaired) electrons. The van der Waals surface area contributed by atoms with E-state index in [1.165, 1.54) is 29.5 Å². The number of carbonyl (C=O) groups is 1. The molecule has 1 saturated carbocycles. The summed E-state index contributed by atoms with van der Waals surface area (Å²) < 4.78 is 2.24. The molecule has 1 aromatic carbocycles. The summed E-state index contributed by atoms with van der Waals surface area (Å²) in [4.78, 5) is 13.7. The van der Waals surface area contributed by atoms with Crippen molar-refractivity contribution in [2.45, 2.75) is 37.4 Å². The maximum absolute atomic E-state index is 12.4. The molecule has 6 heteroatoms. The summed E-state index contributed by atoms with van der Waals surface area (Å²) in [6.45, 7) is 2.02. The van der Waals surface area contributed by atoms with Crippen molar-refractivity contribution < 1.29 is 4.79 Å². The van der Waals surface area contributed by atoms with Crippen LogP contribution in [0.2, 0.25) is 0 Å². The third kappa shape index (κ3) is 3.85. The first-order chi connectivity index (χ1) is 12.2. The van der Waals surface area contributed by atoms with Crippen molar-refractivity contribution in [3.8, 4) is 0 Å². The van der Waals surface area contributed by atoms with Crippen molar-refractivity contribution in [2.75, 3.05) is 5.75 Å². The standard InChI is InChI=1S/C19H19N3OS2/c1-13-4-6-14(7-5-13)17(23)12-25-19-21-20-18(22(19)15-8-9-15)11-16-3-2-10-24-16/h2-7,10,15H,8-9,11-12H2,1H3. The predicted octanol–water partition coefficient (Wildman–Crippen LogP) is 4.55. The van der Waals surface area contributed by atoms with Gasteiger partial charge < -0.3 is 4.57 Å². The van der Waals surface area contributed by atoms with E-state index < -0.39 is 0 Å². The molecule has 2 heterocycles. The number of ketones is 1. The van der Waals surface area contributed by atoms with E-state index in [2.05, 4.69) is 32.3 Å². The number of hydrogen-bond acceptors (Lipinski definition) is 5. The van der Waals surface area contributed by atoms with Crippen LogP contribution < -0.4 is 0 Å². The van der Waals surface area contributed by atoms with Crippen molar-refractivity contribution in [2.24, 2.45) is 0 Å². The second-order valence-electron chi connectivity index (χ2n) is 6.33. The highest BCUT2D eigenvalue weighted by atomic mass is 32.2. The van der Waals surface area contributed by atoms with Gasteiger partial charge in [0, 0.05) is 22.9 Å². The van der Waals surface area contributed by atoms with Gasteiger partial charge in [-0.3, -0.25) is 4.79 Å². The van der Waals surface area contributed by atoms with E-state index >= 15 is 0 Å². The van der Waals surface area contributed by atoms with Gasteiger partial charge in [0.25, 0.3) is 0 Å². The van der Waals surface area contributed by atoms with Crippen LogP contribution >= 0.6 is 23.1 Å². The van der Waals surface area contributed by atoms with Gasteiger partial charge in [-0.1, -0.05) is 47.7 Å². The van der Waals surface area contributed by atoms with Crippen LogP contribution in [0.25, 0.3) is 0 Å². The monoisotopic (exact) mass is 369 g/mol. The zero-order valence-corrected chi connectivity index (χ0v) is 15.6. The van der Waals surface area contributed by atoms with Gasteiger partial charge in [0.15, 0.2) is 10.9 Å². The molecule has 25 heavy (non-hydrogen) atoms. The van der Waals surface area contributed by atoms with Gasteiger partial charge in [-0.25, -0.2) is 0 Å². The number of Topliss-reactive ketones (excluding diaryl/α,β-unsaturated/α-hetero) is 1. The Bertz CT molecular complexity index is 865. The second-order valence-corrected chi connectivity index (χ2v) is 8.31. The molecule has 4 nitrogen and oxygen atoms in total. The number of thioether (sulfide) groups is 1. The summed E-state index contributed by atoms with van der Waals surface area (Å²) in [6.07, 6.45) is 3.16. The van der Waals surface area contributed by atoms with Crippen LogP contribution in [0.1, 0.15) is 45.5 Å². The van der Waals surface area contributed by atoms with Crippen molar-refractivity contribution in [1.29, 1.82) is 0 Å². The maximum atomic E-state index is 12.4. The SMILES string of the molecule is Cc1ccc(C(=O)CSc2nnc(Cc3cccs3)n2C2CC2)cc1. The van der Waals surface area contributed by atoms with Crippen LogP contribution in [0.4, 0.5) is 0 Å². The van der Waals surface area contributed by atoms with Crippen LogP contribution in [0.3, 0.4) is 0 Å². The summed E-state index contributed by atoms with van der Waals surface area (Å²) >= 11 is 3.24. The molecule has 1 aliphatic carbocycles. The number of aryl methyl sites for hydroxylation is 1. The number of thiophene rings is 1. The topological polar surface area (TPSA) is 47.8 Å². The summed E-state index contributed by atoms with van der Waals surface area (Å²) in [5.41, 5.74) is 1.92. The van der Waals surface area contributed by atoms with Crippen LogP contribution in [-0.2, 0) is 6.42 Å². The minimum Gasteiger partial charge on any atom is -0.303 e. The van der Waals surface area contributed by atoms with E-state index in [0.717, 1.165) is 28.5 Å². The van der Waals surface area contributed by atoms with Crippen LogP contribution in [0.5, 0.6) is 0 Å². The third-order valence-electron chi connectivity index (χ3n) is 4.27. The van der Waals surface area contributed by atoms with Crippen LogP contribution in [0, 0.1) is 6.92 Å². The highest BCUT2D eigenvalue weighted by Gasteiger charge is 2.30. The first-order valence-electron chi connectivity index (χ1n) is 8.39. The van der Waals surface area contributed by atoms with Crippen molar-refractivity contribution in [3.63, 3.8) is 0 Å². The lowest BCUT2D eigenvalue weighted by atomic mass is 10.1. The second kappa shape index (κ2) is 7.14. The van der Waals surface area contributed by atoms with E-state index in [1.54, 1.807) is 11.3 Å². The number of aromatic nitrogens is 3. The highest BCUT2D eigenvalue weighted by molar-refractivity contribution is 7.99. The number of hydrogen-bond donors (Lipinski definition) is 0. The molecule has 0 bridgehead atoms. The zero-order chi connectivity index (χ0) is 17.2. The third-order valence-corrected chi connectivity index (χ3v) is 6.08. The lowest BCUT2D eigenvalue weighted by Gasteiger charge is -2.08. The van der Waals surface area contributed by atoms with E-state index in [0.29, 0.717) is 11.8 Å². The van der Waals surface area contributed by atoms with E-state index in [1.807, 2.05) is 31.2 Å². The number of benzene rings is 1. The number of nitrogens with zero attached hydrogens (tertiary/aromatic N) is 3. The molecule has 0 atom stereocenters. The molecule has 0 unspecified atom stereocenters. The molecule has 0 saturated heterocycles. The highest BCUT2D eigenvalue weighted by Crippen LogP contribution is 2.39. The minimum atomic E-state index is 0.134. The minimum absolute atomic E-state index is 0.134. The Balaban J connectivity index is 1.48. The fourth-order valence-electron chi connectivity index (χ4n) is 2.75. The summed E-state index contributed by atoms with van der Waals surface area (Å²) in [7, 11) is 0. The predicted molar refractivity (Wildman–Crippen MR) is 102 cm³/mol. The summed E-state index contributed by atoms with van der Waals surface area (Å²) in [5, 5.41) is 11.7. The Morgan fingerprint density at radius 2 is 2.04 bits per heavy atom. The molecule has 0 amide bonds. The average molecular weight is 370 g/mol. The molecular formula is C19H19N3OS2. The molecule has 4 rings (SSSR count). The lowest BCUT2D eigenvalue weighted by Crippen LogP contribution is -2.06. The van der Waals surface area contributed by atoms with Crippen molar-refractivity contribution in [1.82, 2.24) is 14.8 Å². The molecule has 1 fully saturated rings. The maximum Gasteiger partial charge on any atom is 0.191 e. The Morgan fingerprint density at radius 3 is 2.72 bits per heavy atom. The lowest BCUT2D eigenvalue weighted by molar-refractivity contribution is 0.102. The largest absolute Gasteiger partial charge is 0.303 e. The van der Waals surface area contributed by atoms with Crippen LogP contribution in [0.15, 0.2) is 46.9 Å². The Kier molecular flexibility index (Phi) is 4.72. The quantitative estimate of drug-likeness (QED) is 0.453. The van der Waals surface area contributed by atoms with Crippen molar-refractivity contribution in [3.05, 3.63) is 63.6 Å². The molecule has 1 aliphatic rings. The first kappa shape index (κ1) is 16.5. The Hall–Kier alpha value is -1.92. The molecule has 3 aromatic rings. The molecule has 2 aromatic heterocycles. The van der Waals surface area contributed by atoms with E-state index in [9.17, 15) is 4.79 Å². The molecule has 0 N–H and O–H groups in total. The summed E-state index contributed by atoms with van der Waals surface area (Å²) in [6, 6.07) is 12.4. The van der Waals surface area contributed by atoms with Crippen molar-refractivity contribution >= 4 is 28.9 Å². The van der Waals surface area contributed by atoms with E-state index in [-0.39, 0.29) is 5.78 Å². The van der Waals surface area contributed by atoms with Gasteiger partial charge in [0.1, 0.15) is 5.82 Å². The van der Waals surface area contributed by atoms with Gasteiger partial charge in [-0.05, 0) is 31.2 Å². The Labute approximate surface area is 155 Å². The van der Waals surface area contributed by atoms with Gasteiger partial charge >= 0.3 is 0 Å². The molecule has 0 spiro atoms. The number of rotatable bonds is 7. The fraction of sp³-hybridized carbons (Fsp3) is 0.316. The smallest absolute Gasteiger partial charge is 0.191 e. The van der Waals surface area contributed by atoms with Gasteiger partial charge in [0.2, 0.25) is 0 Å². The normalized spacial score (nSPS) is 14.0. The van der Waals surface area contributed by atoms with Gasteiger partial charge in [-0.15, -0.1) is 21.5 Å². The number of carbonyl (C=O) groups excluding carboxylic acids is 1. The molecular weight excluding hydrogens is 350 g/mol. The zero-order valence-electron chi connectivity index (χ0n) is 14.0. The first-order valence-corrected chi connectivity index (χ1v) is 10.3. The van der Waals surface area contributed by atoms with Gasteiger partial charge in [-0.2, -0.15) is 0 Å². The van der Waals surface area contributed by atoms with Crippen LogP contribution in [-0.4, -0.2) is 26.3 Å². The molecule has 128 valence electrons. The fourth-order valence-corrected chi connectivity index (χ4v) is 4.37. The Morgan fingerprint density at radius 1 is 1.24 bits per heavy atom. The van der Waals surface area contributed by atoms with E-state index in [4.69, 9.17) is 0 Å².